The van der Waals surface area contributed by atoms with Crippen molar-refractivity contribution < 1.29 is 0 Å². The van der Waals surface area contributed by atoms with E-state index in [2.05, 4.69) is 122 Å². The molecule has 0 aliphatic rings. The molecular formula is C30H23BrN4S. The second kappa shape index (κ2) is 9.64. The van der Waals surface area contributed by atoms with Crippen LogP contribution in [0.1, 0.15) is 22.6 Å². The van der Waals surface area contributed by atoms with Gasteiger partial charge in [-0.3, -0.25) is 0 Å². The van der Waals surface area contributed by atoms with Crippen molar-refractivity contribution in [2.45, 2.75) is 5.92 Å². The number of thiocarbonyl (C=S) groups is 1. The molecule has 0 aliphatic heterocycles. The fourth-order valence-electron chi connectivity index (χ4n) is 4.81. The summed E-state index contributed by atoms with van der Waals surface area (Å²) >= 11 is 9.03. The first-order valence-corrected chi connectivity index (χ1v) is 12.9. The van der Waals surface area contributed by atoms with Crippen molar-refractivity contribution in [3.63, 3.8) is 0 Å². The predicted octanol–water partition coefficient (Wildman–Crippen LogP) is 8.40. The van der Waals surface area contributed by atoms with Crippen LogP contribution < -0.4 is 10.6 Å². The lowest BCUT2D eigenvalue weighted by atomic mass is 9.84. The van der Waals surface area contributed by atoms with Crippen LogP contribution in [0.4, 0.5) is 11.4 Å². The first-order chi connectivity index (χ1) is 17.7. The van der Waals surface area contributed by atoms with Gasteiger partial charge in [0.25, 0.3) is 0 Å². The Labute approximate surface area is 222 Å². The Bertz CT molecular complexity index is 1610. The molecule has 0 spiro atoms. The number of benzene rings is 4. The van der Waals surface area contributed by atoms with Crippen LogP contribution in [0.15, 0.2) is 114 Å². The number of fused-ring (bicyclic) bond motifs is 2. The second-order valence-electron chi connectivity index (χ2n) is 8.72. The maximum absolute atomic E-state index is 5.54. The van der Waals surface area contributed by atoms with Crippen LogP contribution in [0.2, 0.25) is 0 Å². The van der Waals surface area contributed by atoms with E-state index in [1.54, 1.807) is 0 Å². The zero-order valence-corrected chi connectivity index (χ0v) is 21.7. The molecule has 0 aliphatic carbocycles. The maximum Gasteiger partial charge on any atom is 0.175 e. The monoisotopic (exact) mass is 550 g/mol. The van der Waals surface area contributed by atoms with Crippen molar-refractivity contribution >= 4 is 66.4 Å². The smallest absolute Gasteiger partial charge is 0.175 e. The van der Waals surface area contributed by atoms with E-state index in [9.17, 15) is 0 Å². The standard InChI is InChI=1S/C30H23BrN4S/c31-20-6-5-7-22(16-20)35-30(36)34-21-14-12-19(13-15-21)29(25-17-32-27-10-3-1-8-23(25)27)26-18-33-28-11-4-2-9-24(26)28/h1-18,29,32-33H,(H2,34,35,36). The number of hydrogen-bond acceptors (Lipinski definition) is 1. The fraction of sp³-hybridized carbons (Fsp3) is 0.0333. The predicted molar refractivity (Wildman–Crippen MR) is 158 cm³/mol. The van der Waals surface area contributed by atoms with Crippen molar-refractivity contribution in [1.82, 2.24) is 9.97 Å². The molecule has 4 nitrogen and oxygen atoms in total. The summed E-state index contributed by atoms with van der Waals surface area (Å²) in [6.07, 6.45) is 4.28. The molecular weight excluding hydrogens is 528 g/mol. The third-order valence-electron chi connectivity index (χ3n) is 6.45. The summed E-state index contributed by atoms with van der Waals surface area (Å²) in [5.74, 6) is 0.0677. The Hall–Kier alpha value is -3.87. The summed E-state index contributed by atoms with van der Waals surface area (Å²) in [5.41, 5.74) is 7.85. The SMILES string of the molecule is S=C(Nc1ccc(C(c2c[nH]c3ccccc23)c2c[nH]c3ccccc23)cc1)Nc1cccc(Br)c1. The highest BCUT2D eigenvalue weighted by molar-refractivity contribution is 9.10. The average molecular weight is 552 g/mol. The third-order valence-corrected chi connectivity index (χ3v) is 7.15. The van der Waals surface area contributed by atoms with Crippen LogP contribution in [0.5, 0.6) is 0 Å². The van der Waals surface area contributed by atoms with E-state index in [1.807, 2.05) is 24.3 Å². The Morgan fingerprint density at radius 1 is 0.667 bits per heavy atom. The first kappa shape index (κ1) is 22.6. The van der Waals surface area contributed by atoms with Gasteiger partial charge in [-0.25, -0.2) is 0 Å². The second-order valence-corrected chi connectivity index (χ2v) is 10.0. The molecule has 36 heavy (non-hydrogen) atoms. The molecule has 0 saturated carbocycles. The molecule has 0 fully saturated rings. The van der Waals surface area contributed by atoms with Crippen LogP contribution in [0, 0.1) is 0 Å². The minimum Gasteiger partial charge on any atom is -0.361 e. The Morgan fingerprint density at radius 3 is 1.86 bits per heavy atom. The lowest BCUT2D eigenvalue weighted by Gasteiger charge is -2.18. The van der Waals surface area contributed by atoms with E-state index < -0.39 is 0 Å². The zero-order chi connectivity index (χ0) is 24.5. The van der Waals surface area contributed by atoms with E-state index in [0.717, 1.165) is 26.9 Å². The van der Waals surface area contributed by atoms with Crippen LogP contribution in [0.25, 0.3) is 21.8 Å². The van der Waals surface area contributed by atoms with Crippen molar-refractivity contribution in [2.24, 2.45) is 0 Å². The van der Waals surface area contributed by atoms with Gasteiger partial charge in [0.1, 0.15) is 0 Å². The number of anilines is 2. The molecule has 2 aromatic heterocycles. The van der Waals surface area contributed by atoms with Gasteiger partial charge in [0.2, 0.25) is 0 Å². The fourth-order valence-corrected chi connectivity index (χ4v) is 5.45. The van der Waals surface area contributed by atoms with Crippen molar-refractivity contribution in [2.75, 3.05) is 10.6 Å². The average Bonchev–Trinajstić information content (AvgIpc) is 3.51. The van der Waals surface area contributed by atoms with E-state index in [0.29, 0.717) is 5.11 Å². The van der Waals surface area contributed by atoms with Crippen molar-refractivity contribution in [3.05, 3.63) is 131 Å². The van der Waals surface area contributed by atoms with Crippen LogP contribution in [-0.4, -0.2) is 15.1 Å². The number of rotatable bonds is 5. The van der Waals surface area contributed by atoms with Crippen LogP contribution >= 0.6 is 28.1 Å². The quantitative estimate of drug-likeness (QED) is 0.163. The number of H-pyrrole nitrogens is 2. The molecule has 0 saturated heterocycles. The van der Waals surface area contributed by atoms with Gasteiger partial charge in [0, 0.05) is 56.0 Å². The Balaban J connectivity index is 1.34. The molecule has 0 unspecified atom stereocenters. The number of halogens is 1. The summed E-state index contributed by atoms with van der Waals surface area (Å²) in [7, 11) is 0. The Morgan fingerprint density at radius 2 is 1.25 bits per heavy atom. The highest BCUT2D eigenvalue weighted by atomic mass is 79.9. The number of aromatic amines is 2. The van der Waals surface area contributed by atoms with E-state index in [-0.39, 0.29) is 5.92 Å². The number of aromatic nitrogens is 2. The zero-order valence-electron chi connectivity index (χ0n) is 19.3. The topological polar surface area (TPSA) is 55.6 Å². The molecule has 4 aromatic carbocycles. The third kappa shape index (κ3) is 4.41. The minimum atomic E-state index is 0.0677. The molecule has 4 N–H and O–H groups in total. The normalized spacial score (nSPS) is 11.3. The van der Waals surface area contributed by atoms with Gasteiger partial charge >= 0.3 is 0 Å². The highest BCUT2D eigenvalue weighted by Gasteiger charge is 2.23. The van der Waals surface area contributed by atoms with Gasteiger partial charge in [-0.2, -0.15) is 0 Å². The highest BCUT2D eigenvalue weighted by Crippen LogP contribution is 2.39. The lowest BCUT2D eigenvalue weighted by molar-refractivity contribution is 0.998. The minimum absolute atomic E-state index is 0.0677. The molecule has 0 atom stereocenters. The number of hydrogen-bond donors (Lipinski definition) is 4. The molecule has 0 amide bonds. The largest absolute Gasteiger partial charge is 0.361 e. The van der Waals surface area contributed by atoms with Gasteiger partial charge in [-0.1, -0.05) is 70.5 Å². The van der Waals surface area contributed by atoms with Crippen LogP contribution in [0.3, 0.4) is 0 Å². The molecule has 6 aromatic rings. The summed E-state index contributed by atoms with van der Waals surface area (Å²) < 4.78 is 1.00. The molecule has 0 radical (unpaired) electrons. The molecule has 2 heterocycles. The number of nitrogens with one attached hydrogen (secondary N) is 4. The van der Waals surface area contributed by atoms with E-state index >= 15 is 0 Å². The number of para-hydroxylation sites is 2. The van der Waals surface area contributed by atoms with Gasteiger partial charge < -0.3 is 20.6 Å². The Kier molecular flexibility index (Phi) is 6.05. The molecule has 0 bridgehead atoms. The summed E-state index contributed by atoms with van der Waals surface area (Å²) in [4.78, 5) is 6.92. The van der Waals surface area contributed by atoms with E-state index in [1.165, 1.54) is 27.5 Å². The van der Waals surface area contributed by atoms with Crippen molar-refractivity contribution in [1.29, 1.82) is 0 Å². The molecule has 6 rings (SSSR count). The van der Waals surface area contributed by atoms with Gasteiger partial charge in [-0.15, -0.1) is 0 Å². The first-order valence-electron chi connectivity index (χ1n) is 11.7. The van der Waals surface area contributed by atoms with Crippen LogP contribution in [-0.2, 0) is 0 Å². The van der Waals surface area contributed by atoms with Gasteiger partial charge in [0.15, 0.2) is 5.11 Å². The van der Waals surface area contributed by atoms with Gasteiger partial charge in [-0.05, 0) is 71.4 Å². The van der Waals surface area contributed by atoms with E-state index in [4.69, 9.17) is 12.2 Å². The summed E-state index contributed by atoms with van der Waals surface area (Å²) in [6, 6.07) is 33.4. The summed E-state index contributed by atoms with van der Waals surface area (Å²) in [5, 5.41) is 9.54. The maximum atomic E-state index is 5.54. The molecule has 176 valence electrons. The summed E-state index contributed by atoms with van der Waals surface area (Å²) in [6.45, 7) is 0. The van der Waals surface area contributed by atoms with Crippen molar-refractivity contribution in [3.8, 4) is 0 Å². The van der Waals surface area contributed by atoms with Gasteiger partial charge in [0.05, 0.1) is 0 Å². The molecule has 6 heteroatoms. The lowest BCUT2D eigenvalue weighted by Crippen LogP contribution is -2.19.